The van der Waals surface area contributed by atoms with Crippen LogP contribution in [0.5, 0.6) is 0 Å². The Morgan fingerprint density at radius 3 is 0.935 bits per heavy atom. The molecule has 2 saturated heterocycles. The summed E-state index contributed by atoms with van der Waals surface area (Å²) in [7, 11) is -7.46. The molecule has 2 atom stereocenters. The third-order valence-corrected chi connectivity index (χ3v) is 4.36. The van der Waals surface area contributed by atoms with E-state index in [1.54, 1.807) is 0 Å². The molecule has 31 heavy (non-hydrogen) atoms. The summed E-state index contributed by atoms with van der Waals surface area (Å²) < 4.78 is 78.0. The largest absolute Gasteiger partial charge is 2.00 e. The van der Waals surface area contributed by atoms with Crippen LogP contribution < -0.4 is 0 Å². The first-order valence-electron chi connectivity index (χ1n) is 9.30. The molecule has 2 rings (SSSR count). The van der Waals surface area contributed by atoms with Gasteiger partial charge in [0, 0.05) is 39.3 Å². The zero-order valence-electron chi connectivity index (χ0n) is 17.8. The van der Waals surface area contributed by atoms with E-state index in [9.17, 15) is 34.5 Å². The standard InChI is InChI=1S/C14H30N4.2BF4.Mn.2H2O/c1-15-5-3-7-18-12-10-16(2)6-4-8-17(11-9-15)13-14-18;2*2-1(3,4)5;;;/h3-14H2,1-2H3;;;;2*1H2/q;2*-1;+2;;. The predicted molar refractivity (Wildman–Crippen MR) is 105 cm³/mol. The minimum Gasteiger partial charge on any atom is -0.418 e. The van der Waals surface area contributed by atoms with E-state index >= 15 is 0 Å². The second-order valence-electron chi connectivity index (χ2n) is 6.99. The van der Waals surface area contributed by atoms with Crippen molar-refractivity contribution in [2.45, 2.75) is 12.8 Å². The van der Waals surface area contributed by atoms with Crippen LogP contribution >= 0.6 is 0 Å². The van der Waals surface area contributed by atoms with Crippen LogP contribution in [0.1, 0.15) is 12.8 Å². The van der Waals surface area contributed by atoms with E-state index in [2.05, 4.69) is 33.7 Å². The first kappa shape index (κ1) is 38.1. The van der Waals surface area contributed by atoms with Crippen LogP contribution in [0.3, 0.4) is 0 Å². The summed E-state index contributed by atoms with van der Waals surface area (Å²) in [5.41, 5.74) is 0. The summed E-state index contributed by atoms with van der Waals surface area (Å²) in [6, 6.07) is 0. The summed E-state index contributed by atoms with van der Waals surface area (Å²) in [5, 5.41) is 0. The van der Waals surface area contributed by atoms with Gasteiger partial charge in [0.1, 0.15) is 0 Å². The number of hydrogen-bond donors (Lipinski definition) is 0. The maximum atomic E-state index is 9.75. The van der Waals surface area contributed by atoms with Crippen molar-refractivity contribution in [2.24, 2.45) is 0 Å². The molecule has 2 heterocycles. The van der Waals surface area contributed by atoms with Gasteiger partial charge in [-0.1, -0.05) is 0 Å². The van der Waals surface area contributed by atoms with E-state index < -0.39 is 14.5 Å². The Kier molecular flexibility index (Phi) is 23.8. The zero-order chi connectivity index (χ0) is 21.8. The molecule has 2 bridgehead atoms. The van der Waals surface area contributed by atoms with Crippen LogP contribution in [-0.4, -0.2) is 125 Å². The second kappa shape index (κ2) is 19.3. The van der Waals surface area contributed by atoms with Gasteiger partial charge in [0.2, 0.25) is 0 Å². The van der Waals surface area contributed by atoms with Gasteiger partial charge in [-0.2, -0.15) is 0 Å². The Morgan fingerprint density at radius 2 is 0.677 bits per heavy atom. The average Bonchev–Trinajstić information content (AvgIpc) is 2.50. The molecule has 1 radical (unpaired) electrons. The molecule has 0 aromatic carbocycles. The summed E-state index contributed by atoms with van der Waals surface area (Å²) in [6.45, 7) is 12.5. The molecule has 2 fully saturated rings. The van der Waals surface area contributed by atoms with Crippen molar-refractivity contribution in [1.29, 1.82) is 0 Å². The molecule has 2 unspecified atom stereocenters. The summed E-state index contributed by atoms with van der Waals surface area (Å²) in [5.74, 6) is 0. The van der Waals surface area contributed by atoms with Crippen LogP contribution in [0.15, 0.2) is 0 Å². The third kappa shape index (κ3) is 32.1. The van der Waals surface area contributed by atoms with Crippen molar-refractivity contribution in [1.82, 2.24) is 19.6 Å². The van der Waals surface area contributed by atoms with Gasteiger partial charge >= 0.3 is 31.6 Å². The molecule has 0 aromatic heterocycles. The van der Waals surface area contributed by atoms with Crippen molar-refractivity contribution in [3.8, 4) is 0 Å². The molecule has 2 aliphatic heterocycles. The molecule has 6 nitrogen and oxygen atoms in total. The van der Waals surface area contributed by atoms with Gasteiger partial charge in [-0.15, -0.1) is 0 Å². The minimum atomic E-state index is -6.00. The van der Waals surface area contributed by atoms with E-state index in [1.807, 2.05) is 0 Å². The Bertz CT molecular complexity index is 369. The van der Waals surface area contributed by atoms with Gasteiger partial charge in [0.25, 0.3) is 0 Å². The van der Waals surface area contributed by atoms with E-state index in [0.29, 0.717) is 0 Å². The van der Waals surface area contributed by atoms with E-state index in [-0.39, 0.29) is 28.0 Å². The van der Waals surface area contributed by atoms with Gasteiger partial charge in [0.15, 0.2) is 0 Å². The fraction of sp³-hybridized carbons (Fsp3) is 1.00. The van der Waals surface area contributed by atoms with Crippen molar-refractivity contribution < 1.29 is 62.5 Å². The molecule has 0 aliphatic carbocycles. The Morgan fingerprint density at radius 1 is 0.452 bits per heavy atom. The molecule has 17 heteroatoms. The SMILES string of the molecule is CN1CCCN2CCN(C)CCCN(CC1)CC2.F[B-](F)(F)F.F[B-](F)(F)F.O.O.[Mn+2]. The number of rotatable bonds is 0. The fourth-order valence-electron chi connectivity index (χ4n) is 2.93. The number of likely N-dealkylation sites (N-methyl/N-ethyl adjacent to an activating group) is 2. The monoisotopic (exact) mass is 519 g/mol. The molecule has 0 saturated carbocycles. The number of nitrogens with zero attached hydrogens (tertiary/aromatic N) is 4. The van der Waals surface area contributed by atoms with Crippen LogP contribution in [0.4, 0.5) is 34.5 Å². The Balaban J connectivity index is -0.000000239. The zero-order valence-corrected chi connectivity index (χ0v) is 19.0. The minimum absolute atomic E-state index is 0. The smallest absolute Gasteiger partial charge is 0.418 e. The van der Waals surface area contributed by atoms with Crippen LogP contribution in [0.25, 0.3) is 0 Å². The molecule has 2 aliphatic rings. The topological polar surface area (TPSA) is 76.0 Å². The first-order chi connectivity index (χ1) is 12.7. The van der Waals surface area contributed by atoms with Gasteiger partial charge < -0.3 is 65.1 Å². The van der Waals surface area contributed by atoms with E-state index in [0.717, 1.165) is 0 Å². The molecule has 0 amide bonds. The van der Waals surface area contributed by atoms with Gasteiger partial charge in [-0.25, -0.2) is 0 Å². The average molecular weight is 519 g/mol. The fourth-order valence-corrected chi connectivity index (χ4v) is 2.93. The Labute approximate surface area is 189 Å². The van der Waals surface area contributed by atoms with Crippen molar-refractivity contribution in [3.63, 3.8) is 0 Å². The van der Waals surface area contributed by atoms with Crippen LogP contribution in [-0.2, 0) is 17.1 Å². The molecule has 191 valence electrons. The maximum Gasteiger partial charge on any atom is 2.00 e. The van der Waals surface area contributed by atoms with E-state index in [1.165, 1.54) is 78.3 Å². The normalized spacial score (nSPS) is 23.8. The van der Waals surface area contributed by atoms with Crippen LogP contribution in [0.2, 0.25) is 0 Å². The van der Waals surface area contributed by atoms with Gasteiger partial charge in [-0.3, -0.25) is 0 Å². The quantitative estimate of drug-likeness (QED) is 0.357. The first-order valence-corrected chi connectivity index (χ1v) is 9.30. The van der Waals surface area contributed by atoms with Crippen molar-refractivity contribution in [2.75, 3.05) is 79.5 Å². The molecular formula is C14H34B2F8MnN4O2. The van der Waals surface area contributed by atoms with Gasteiger partial charge in [0.05, 0.1) is 0 Å². The van der Waals surface area contributed by atoms with E-state index in [4.69, 9.17) is 0 Å². The molecule has 0 aromatic rings. The molecule has 0 spiro atoms. The van der Waals surface area contributed by atoms with Crippen molar-refractivity contribution >= 4 is 14.5 Å². The van der Waals surface area contributed by atoms with Crippen molar-refractivity contribution in [3.05, 3.63) is 0 Å². The number of halogens is 8. The maximum absolute atomic E-state index is 9.75. The molecular weight excluding hydrogens is 485 g/mol. The third-order valence-electron chi connectivity index (χ3n) is 4.36. The molecule has 4 N–H and O–H groups in total. The predicted octanol–water partition coefficient (Wildman–Crippen LogP) is 1.21. The Hall–Kier alpha value is -0.151. The van der Waals surface area contributed by atoms with Crippen LogP contribution in [0, 0.1) is 0 Å². The van der Waals surface area contributed by atoms with Gasteiger partial charge in [-0.05, 0) is 53.1 Å². The summed E-state index contributed by atoms with van der Waals surface area (Å²) in [4.78, 5) is 10.3. The number of hydrogen-bond acceptors (Lipinski definition) is 4. The summed E-state index contributed by atoms with van der Waals surface area (Å²) in [6.07, 6.45) is 2.64. The second-order valence-corrected chi connectivity index (χ2v) is 6.99. The summed E-state index contributed by atoms with van der Waals surface area (Å²) >= 11 is 0. The number of fused-ring (bicyclic) bond motifs is 3.